The lowest BCUT2D eigenvalue weighted by molar-refractivity contribution is 0.515. The first kappa shape index (κ1) is 15.4. The van der Waals surface area contributed by atoms with E-state index in [2.05, 4.69) is 53.8 Å². The topological polar surface area (TPSA) is 30.2 Å². The van der Waals surface area contributed by atoms with Crippen LogP contribution >= 0.6 is 22.6 Å². The summed E-state index contributed by atoms with van der Waals surface area (Å²) in [5, 5.41) is 0.715. The number of fused-ring (bicyclic) bond motifs is 5. The molecule has 1 atom stereocenters. The summed E-state index contributed by atoms with van der Waals surface area (Å²) in [6.45, 7) is 2.11. The van der Waals surface area contributed by atoms with Crippen LogP contribution in [0.2, 0.25) is 0 Å². The Hall–Kier alpha value is -1.88. The fourth-order valence-corrected chi connectivity index (χ4v) is 4.72. The van der Waals surface area contributed by atoms with Crippen molar-refractivity contribution in [3.8, 4) is 0 Å². The standard InChI is InChI=1S/C22H17IO2/c1-12-5-7-13(8-6-12)15-3-2-4-16-19(15)22-20(16)21(24)17-11-14(23)9-10-18(17)25-22/h5-11,16H,2-4H2,1H3. The molecule has 0 fully saturated rings. The van der Waals surface area contributed by atoms with Gasteiger partial charge in [0.25, 0.3) is 0 Å². The highest BCUT2D eigenvalue weighted by atomic mass is 127. The number of benzene rings is 2. The van der Waals surface area contributed by atoms with Gasteiger partial charge in [0, 0.05) is 15.1 Å². The van der Waals surface area contributed by atoms with Crippen molar-refractivity contribution in [3.63, 3.8) is 0 Å². The molecule has 5 rings (SSSR count). The van der Waals surface area contributed by atoms with Crippen LogP contribution in [-0.2, 0) is 0 Å². The highest BCUT2D eigenvalue weighted by molar-refractivity contribution is 14.1. The molecule has 0 radical (unpaired) electrons. The third-order valence-electron chi connectivity index (χ3n) is 5.47. The highest BCUT2D eigenvalue weighted by Gasteiger charge is 2.42. The lowest BCUT2D eigenvalue weighted by atomic mass is 9.67. The first-order chi connectivity index (χ1) is 12.1. The fourth-order valence-electron chi connectivity index (χ4n) is 4.23. The molecule has 1 aromatic heterocycles. The number of hydrogen-bond donors (Lipinski definition) is 0. The van der Waals surface area contributed by atoms with E-state index in [0.717, 1.165) is 34.2 Å². The van der Waals surface area contributed by atoms with Crippen LogP contribution in [0.5, 0.6) is 0 Å². The molecule has 0 bridgehead atoms. The van der Waals surface area contributed by atoms with Crippen LogP contribution in [-0.4, -0.2) is 0 Å². The second-order valence-corrected chi connectivity index (χ2v) is 8.26. The van der Waals surface area contributed by atoms with Gasteiger partial charge in [0.2, 0.25) is 0 Å². The van der Waals surface area contributed by atoms with Gasteiger partial charge in [-0.05, 0) is 78.1 Å². The SMILES string of the molecule is Cc1ccc(C2=C3c4oc5ccc(I)cc5c(=O)c4C3CCC2)cc1. The van der Waals surface area contributed by atoms with Crippen molar-refractivity contribution in [2.24, 2.45) is 0 Å². The number of halogens is 1. The van der Waals surface area contributed by atoms with E-state index < -0.39 is 0 Å². The Morgan fingerprint density at radius 3 is 2.72 bits per heavy atom. The van der Waals surface area contributed by atoms with Gasteiger partial charge in [-0.3, -0.25) is 4.79 Å². The van der Waals surface area contributed by atoms with Crippen LogP contribution in [0.15, 0.2) is 51.7 Å². The van der Waals surface area contributed by atoms with Crippen LogP contribution in [0.1, 0.15) is 47.6 Å². The minimum Gasteiger partial charge on any atom is -0.456 e. The maximum atomic E-state index is 13.0. The van der Waals surface area contributed by atoms with E-state index >= 15 is 0 Å². The fraction of sp³-hybridized carbons (Fsp3) is 0.227. The highest BCUT2D eigenvalue weighted by Crippen LogP contribution is 2.55. The van der Waals surface area contributed by atoms with Crippen LogP contribution in [0, 0.1) is 10.5 Å². The summed E-state index contributed by atoms with van der Waals surface area (Å²) in [6, 6.07) is 14.5. The lowest BCUT2D eigenvalue weighted by Gasteiger charge is -2.37. The minimum absolute atomic E-state index is 0.161. The molecular weight excluding hydrogens is 423 g/mol. The minimum atomic E-state index is 0.161. The zero-order valence-corrected chi connectivity index (χ0v) is 16.1. The molecule has 3 heteroatoms. The van der Waals surface area contributed by atoms with Gasteiger partial charge in [0.15, 0.2) is 5.43 Å². The molecular formula is C22H17IO2. The van der Waals surface area contributed by atoms with E-state index in [1.807, 2.05) is 18.2 Å². The zero-order chi connectivity index (χ0) is 17.1. The van der Waals surface area contributed by atoms with Gasteiger partial charge in [-0.2, -0.15) is 0 Å². The third kappa shape index (κ3) is 2.25. The average molecular weight is 440 g/mol. The van der Waals surface area contributed by atoms with Crippen molar-refractivity contribution in [2.45, 2.75) is 32.1 Å². The molecule has 0 saturated heterocycles. The van der Waals surface area contributed by atoms with Gasteiger partial charge < -0.3 is 4.42 Å². The van der Waals surface area contributed by atoms with Crippen LogP contribution in [0.4, 0.5) is 0 Å². The second-order valence-electron chi connectivity index (χ2n) is 7.02. The van der Waals surface area contributed by atoms with E-state index in [-0.39, 0.29) is 11.3 Å². The number of rotatable bonds is 1. The molecule has 2 nitrogen and oxygen atoms in total. The summed E-state index contributed by atoms with van der Waals surface area (Å²) in [5.74, 6) is 1.08. The number of allylic oxidation sites excluding steroid dienone is 2. The second kappa shape index (κ2) is 5.56. The Kier molecular flexibility index (Phi) is 3.42. The zero-order valence-electron chi connectivity index (χ0n) is 13.9. The largest absolute Gasteiger partial charge is 0.456 e. The van der Waals surface area contributed by atoms with Gasteiger partial charge in [-0.25, -0.2) is 0 Å². The van der Waals surface area contributed by atoms with Gasteiger partial charge in [-0.1, -0.05) is 29.8 Å². The molecule has 0 amide bonds. The molecule has 2 aromatic carbocycles. The molecule has 2 aliphatic rings. The Morgan fingerprint density at radius 1 is 1.12 bits per heavy atom. The van der Waals surface area contributed by atoms with Crippen molar-refractivity contribution in [2.75, 3.05) is 0 Å². The first-order valence-electron chi connectivity index (χ1n) is 8.70. The maximum Gasteiger partial charge on any atom is 0.197 e. The van der Waals surface area contributed by atoms with E-state index in [9.17, 15) is 4.79 Å². The summed E-state index contributed by atoms with van der Waals surface area (Å²) in [4.78, 5) is 13.0. The predicted octanol–water partition coefficient (Wildman–Crippen LogP) is 5.90. The Bertz CT molecular complexity index is 1100. The third-order valence-corrected chi connectivity index (χ3v) is 6.14. The summed E-state index contributed by atoms with van der Waals surface area (Å²) < 4.78 is 7.26. The summed E-state index contributed by atoms with van der Waals surface area (Å²) in [5.41, 5.74) is 6.91. The quantitative estimate of drug-likeness (QED) is 0.442. The van der Waals surface area contributed by atoms with E-state index in [1.54, 1.807) is 0 Å². The smallest absolute Gasteiger partial charge is 0.197 e. The first-order valence-corrected chi connectivity index (χ1v) is 9.78. The molecule has 2 aliphatic carbocycles. The average Bonchev–Trinajstić information content (AvgIpc) is 2.60. The molecule has 0 aliphatic heterocycles. The maximum absolute atomic E-state index is 13.0. The Labute approximate surface area is 159 Å². The van der Waals surface area contributed by atoms with Crippen molar-refractivity contribution in [1.29, 1.82) is 0 Å². The van der Waals surface area contributed by atoms with Crippen LogP contribution in [0.3, 0.4) is 0 Å². The molecule has 25 heavy (non-hydrogen) atoms. The van der Waals surface area contributed by atoms with E-state index in [0.29, 0.717) is 11.0 Å². The van der Waals surface area contributed by atoms with Crippen molar-refractivity contribution in [1.82, 2.24) is 0 Å². The van der Waals surface area contributed by atoms with E-state index in [1.165, 1.54) is 22.3 Å². The molecule has 0 spiro atoms. The van der Waals surface area contributed by atoms with Gasteiger partial charge in [0.05, 0.1) is 10.9 Å². The van der Waals surface area contributed by atoms with Crippen molar-refractivity contribution < 1.29 is 4.42 Å². The monoisotopic (exact) mass is 440 g/mol. The molecule has 124 valence electrons. The number of hydrogen-bond acceptors (Lipinski definition) is 2. The Morgan fingerprint density at radius 2 is 1.92 bits per heavy atom. The summed E-state index contributed by atoms with van der Waals surface area (Å²) >= 11 is 2.24. The number of aryl methyl sites for hydroxylation is 1. The summed E-state index contributed by atoms with van der Waals surface area (Å²) in [6.07, 6.45) is 3.24. The normalized spacial score (nSPS) is 18.7. The van der Waals surface area contributed by atoms with E-state index in [4.69, 9.17) is 4.42 Å². The summed E-state index contributed by atoms with van der Waals surface area (Å²) in [7, 11) is 0. The molecule has 1 heterocycles. The Balaban J connectivity index is 1.77. The predicted molar refractivity (Wildman–Crippen MR) is 110 cm³/mol. The molecule has 0 saturated carbocycles. The molecule has 1 unspecified atom stereocenters. The molecule has 0 N–H and O–H groups in total. The van der Waals surface area contributed by atoms with Crippen molar-refractivity contribution >= 4 is 44.7 Å². The lowest BCUT2D eigenvalue weighted by Crippen LogP contribution is -2.29. The van der Waals surface area contributed by atoms with Gasteiger partial charge >= 0.3 is 0 Å². The molecule has 3 aromatic rings. The van der Waals surface area contributed by atoms with Gasteiger partial charge in [-0.15, -0.1) is 0 Å². The van der Waals surface area contributed by atoms with Gasteiger partial charge in [0.1, 0.15) is 11.3 Å². The van der Waals surface area contributed by atoms with Crippen molar-refractivity contribution in [3.05, 3.63) is 78.7 Å². The van der Waals surface area contributed by atoms with Crippen LogP contribution < -0.4 is 5.43 Å². The van der Waals surface area contributed by atoms with Crippen LogP contribution in [0.25, 0.3) is 22.1 Å².